The zero-order valence-corrected chi connectivity index (χ0v) is 47.8. The number of aliphatic hydroxyl groups is 6. The van der Waals surface area contributed by atoms with E-state index in [0.717, 1.165) is 40.7 Å². The fourth-order valence-corrected chi connectivity index (χ4v) is 6.36. The van der Waals surface area contributed by atoms with Crippen LogP contribution in [0, 0.1) is 19.9 Å². The summed E-state index contributed by atoms with van der Waals surface area (Å²) in [6, 6.07) is 37.0. The van der Waals surface area contributed by atoms with E-state index in [4.69, 9.17) is 109 Å². The van der Waals surface area contributed by atoms with Crippen molar-refractivity contribution in [3.8, 4) is 0 Å². The van der Waals surface area contributed by atoms with E-state index in [2.05, 4.69) is 8.83 Å². The highest BCUT2D eigenvalue weighted by atomic mass is 16.7. The predicted molar refractivity (Wildman–Crippen MR) is 311 cm³/mol. The highest BCUT2D eigenvalue weighted by Gasteiger charge is 2.22. The summed E-state index contributed by atoms with van der Waals surface area (Å²) in [7, 11) is 0. The molecule has 0 bridgehead atoms. The third kappa shape index (κ3) is 29.8. The number of hydrogen-bond donors (Lipinski definition) is 12. The number of furan rings is 4. The molecule has 2 aliphatic heterocycles. The molecule has 0 spiro atoms. The van der Waals surface area contributed by atoms with Gasteiger partial charge in [0, 0.05) is 31.0 Å². The van der Waals surface area contributed by atoms with Crippen LogP contribution < -0.4 is 0 Å². The molecule has 2 fully saturated rings. The molecule has 0 amide bonds. The van der Waals surface area contributed by atoms with Crippen molar-refractivity contribution in [1.82, 2.24) is 0 Å². The van der Waals surface area contributed by atoms with Crippen LogP contribution in [0.4, 0.5) is 0 Å². The van der Waals surface area contributed by atoms with Crippen molar-refractivity contribution in [3.05, 3.63) is 256 Å². The quantitative estimate of drug-likeness (QED) is 0.0439. The average molecular weight is 1290 g/mol. The third-order valence-corrected chi connectivity index (χ3v) is 10.8. The number of ether oxygens (including phenoxy) is 4. The summed E-state index contributed by atoms with van der Waals surface area (Å²) in [5, 5.41) is 102. The van der Waals surface area contributed by atoms with E-state index in [1.54, 1.807) is 54.6 Å². The Morgan fingerprint density at radius 3 is 0.967 bits per heavy atom. The van der Waals surface area contributed by atoms with Gasteiger partial charge in [-0.25, -0.2) is 28.8 Å². The molecule has 0 saturated carbocycles. The Morgan fingerprint density at radius 2 is 0.663 bits per heavy atom. The first-order chi connectivity index (χ1) is 44.2. The Balaban J connectivity index is 0.000000523. The Labute approximate surface area is 517 Å². The first-order valence-corrected chi connectivity index (χ1v) is 25.7. The second-order valence-corrected chi connectivity index (χ2v) is 17.0. The number of carbonyl (C=O) groups excluding carboxylic acids is 2. The summed E-state index contributed by atoms with van der Waals surface area (Å²) in [5.41, 5.74) is 4.50. The van der Waals surface area contributed by atoms with E-state index >= 15 is 0 Å². The lowest BCUT2D eigenvalue weighted by molar-refractivity contribution is -0.0598. The molecule has 6 heterocycles. The molecule has 2 saturated heterocycles. The van der Waals surface area contributed by atoms with E-state index in [-0.39, 0.29) is 97.7 Å². The number of carbonyl (C=O) groups is 8. The van der Waals surface area contributed by atoms with Crippen LogP contribution in [0.25, 0.3) is 0 Å². The van der Waals surface area contributed by atoms with Gasteiger partial charge in [-0.15, -0.1) is 0 Å². The van der Waals surface area contributed by atoms with Gasteiger partial charge in [-0.3, -0.25) is 9.59 Å². The van der Waals surface area contributed by atoms with E-state index in [1.807, 2.05) is 24.3 Å². The highest BCUT2D eigenvalue weighted by Crippen LogP contribution is 2.25. The average Bonchev–Trinajstić information content (AvgIpc) is 4.31. The molecular weight excluding hydrogens is 1230 g/mol. The Bertz CT molecular complexity index is 3360. The van der Waals surface area contributed by atoms with Gasteiger partial charge in [-0.05, 0) is 102 Å². The summed E-state index contributed by atoms with van der Waals surface area (Å²) in [6.45, 7) is 2.04. The van der Waals surface area contributed by atoms with Crippen LogP contribution in [0.5, 0.6) is 0 Å². The predicted octanol–water partition coefficient (Wildman–Crippen LogP) is 6.86. The molecule has 32 nitrogen and oxygen atoms in total. The van der Waals surface area contributed by atoms with Crippen LogP contribution in [-0.2, 0) is 58.6 Å². The fourth-order valence-electron chi connectivity index (χ4n) is 6.36. The van der Waals surface area contributed by atoms with Gasteiger partial charge >= 0.3 is 35.8 Å². The molecule has 8 aromatic rings. The highest BCUT2D eigenvalue weighted by molar-refractivity contribution is 5.92. The minimum absolute atomic E-state index is 0.0269. The summed E-state index contributed by atoms with van der Waals surface area (Å²) >= 11 is 0. The number of benzene rings is 4. The van der Waals surface area contributed by atoms with Gasteiger partial charge in [0.2, 0.25) is 23.6 Å². The van der Waals surface area contributed by atoms with Crippen molar-refractivity contribution in [2.75, 3.05) is 26.4 Å². The van der Waals surface area contributed by atoms with Crippen molar-refractivity contribution < 1.29 is 136 Å². The van der Waals surface area contributed by atoms with Gasteiger partial charge in [-0.2, -0.15) is 0 Å². The number of aromatic carboxylic acids is 6. The first kappa shape index (κ1) is 79.0. The van der Waals surface area contributed by atoms with Crippen molar-refractivity contribution in [1.29, 1.82) is 0 Å². The van der Waals surface area contributed by atoms with Crippen LogP contribution in [-0.4, -0.2) is 136 Å². The minimum Gasteiger partial charge on any atom is -0.478 e. The molecule has 4 aromatic heterocycles. The molecule has 12 N–H and O–H groups in total. The van der Waals surface area contributed by atoms with Crippen molar-refractivity contribution in [2.45, 2.75) is 52.2 Å². The zero-order valence-electron chi connectivity index (χ0n) is 47.8. The standard InChI is InChI=1S/C10H12O3.C8H10O4.C8H6O4.C8H8O3.C8H8O2.C6H4O5.C6H6O4.C6H6O3.2O2/c11-7-8-1-3-9(4-2-8)10-12-5-6-13-10;9-5-6-1-2-7(12-6)8-10-3-4-11-8;9-7(10)5-1-2-6(4-3-5)8(11)12;9-5-6-1-3-7(4-2-6)8(10)11;9-5-7-1-2-8(6-10)4-3-7;7-5(8)3-1-2-4(11-3)6(9)10;7-3-4-1-2-5(10-4)6(8)9;7-3-5-1-2-6(4-8)9-5;2*1-2/h1-4,10-11H,5-7H2;1-2,8-9H,3-5H2;1-4H,(H,9,10)(H,11,12);1-4,9H,5H2,(H,10,11);1-5,10H,6H2;1-2H,(H,7,8)(H,9,10);1-2,7H,3H2,(H,8,9);1-3,8H,4H2;;. The van der Waals surface area contributed by atoms with E-state index in [0.29, 0.717) is 55.6 Å². The van der Waals surface area contributed by atoms with Crippen molar-refractivity contribution >= 4 is 48.4 Å². The summed E-state index contributed by atoms with van der Waals surface area (Å²) in [5.74, 6) is -5.58. The lowest BCUT2D eigenvalue weighted by atomic mass is 10.1. The Kier molecular flexibility index (Phi) is 38.8. The van der Waals surface area contributed by atoms with Gasteiger partial charge in [0.05, 0.1) is 62.9 Å². The molecular formula is C60H60O32. The molecule has 4 aromatic carbocycles. The normalized spacial score (nSPS) is 11.5. The van der Waals surface area contributed by atoms with Gasteiger partial charge in [0.1, 0.15) is 43.4 Å². The first-order valence-electron chi connectivity index (χ1n) is 25.7. The van der Waals surface area contributed by atoms with E-state index < -0.39 is 35.8 Å². The SMILES string of the molecule is O=C(O)c1ccc(C(=O)O)cc1.O=C(O)c1ccc(C(=O)O)o1.O=C(O)c1ccc(CO)cc1.O=C(O)c1ccc(CO)o1.O=Cc1ccc(CO)cc1.O=Cc1ccc(CO)o1.O=O.O=O.OCc1ccc(C2OCCO2)cc1.OCc1ccc(C2OCCO2)o1. The Morgan fingerprint density at radius 1 is 0.337 bits per heavy atom. The maximum Gasteiger partial charge on any atom is 0.371 e. The second kappa shape index (κ2) is 45.3. The van der Waals surface area contributed by atoms with Gasteiger partial charge in [-0.1, -0.05) is 60.7 Å². The lowest BCUT2D eigenvalue weighted by Crippen LogP contribution is -1.99. The number of rotatable bonds is 16. The number of carboxylic acids is 6. The van der Waals surface area contributed by atoms with Crippen LogP contribution in [0.3, 0.4) is 0 Å². The van der Waals surface area contributed by atoms with Gasteiger partial charge in [0.25, 0.3) is 0 Å². The number of aldehydes is 2. The van der Waals surface area contributed by atoms with Crippen molar-refractivity contribution in [2.24, 2.45) is 0 Å². The molecule has 32 heteroatoms. The number of aliphatic hydroxyl groups excluding tert-OH is 6. The summed E-state index contributed by atoms with van der Waals surface area (Å²) < 4.78 is 40.1. The van der Waals surface area contributed by atoms with Crippen LogP contribution >= 0.6 is 0 Å². The zero-order chi connectivity index (χ0) is 69.0. The third-order valence-electron chi connectivity index (χ3n) is 10.8. The van der Waals surface area contributed by atoms with Crippen LogP contribution in [0.1, 0.15) is 142 Å². The van der Waals surface area contributed by atoms with Crippen LogP contribution in [0.15, 0.2) is 163 Å². The van der Waals surface area contributed by atoms with Gasteiger partial charge in [0.15, 0.2) is 24.1 Å². The molecule has 2 aliphatic rings. The lowest BCUT2D eigenvalue weighted by Gasteiger charge is -2.08. The van der Waals surface area contributed by atoms with Crippen molar-refractivity contribution in [3.63, 3.8) is 0 Å². The maximum atomic E-state index is 10.3. The summed E-state index contributed by atoms with van der Waals surface area (Å²) in [6.07, 6.45) is 0.776. The van der Waals surface area contributed by atoms with E-state index in [1.165, 1.54) is 54.6 Å². The minimum atomic E-state index is -1.28. The maximum absolute atomic E-state index is 10.3. The molecule has 10 rings (SSSR count). The Hall–Kier alpha value is -11.0. The smallest absolute Gasteiger partial charge is 0.371 e. The molecule has 0 unspecified atom stereocenters. The van der Waals surface area contributed by atoms with Crippen LogP contribution in [0.2, 0.25) is 0 Å². The molecule has 492 valence electrons. The number of hydrogen-bond acceptors (Lipinski definition) is 26. The molecule has 0 aliphatic carbocycles. The molecule has 0 radical (unpaired) electrons. The molecule has 0 atom stereocenters. The monoisotopic (exact) mass is 1290 g/mol. The topological polar surface area (TPSA) is 537 Å². The second-order valence-electron chi connectivity index (χ2n) is 17.0. The van der Waals surface area contributed by atoms with Gasteiger partial charge < -0.3 is 97.9 Å². The largest absolute Gasteiger partial charge is 0.478 e. The van der Waals surface area contributed by atoms with E-state index in [9.17, 15) is 38.4 Å². The molecule has 92 heavy (non-hydrogen) atoms. The number of carboxylic acid groups (broad SMARTS) is 6. The fraction of sp³-hybridized carbons (Fsp3) is 0.200. The summed E-state index contributed by atoms with van der Waals surface area (Å²) in [4.78, 5) is 110.